The van der Waals surface area contributed by atoms with Crippen molar-refractivity contribution in [2.24, 2.45) is 5.73 Å². The van der Waals surface area contributed by atoms with Crippen molar-refractivity contribution in [1.82, 2.24) is 0 Å². The molecule has 3 atom stereocenters. The van der Waals surface area contributed by atoms with Crippen LogP contribution < -0.4 is 10.5 Å². The quantitative estimate of drug-likeness (QED) is 0.718. The smallest absolute Gasteiger partial charge is 0.124 e. The lowest BCUT2D eigenvalue weighted by atomic mass is 10.1. The fourth-order valence-electron chi connectivity index (χ4n) is 1.78. The summed E-state index contributed by atoms with van der Waals surface area (Å²) >= 11 is 0. The Morgan fingerprint density at radius 1 is 1.15 bits per heavy atom. The van der Waals surface area contributed by atoms with Crippen LogP contribution >= 0.6 is 0 Å². The van der Waals surface area contributed by atoms with E-state index in [1.54, 1.807) is 7.11 Å². The molecule has 5 nitrogen and oxygen atoms in total. The Morgan fingerprint density at radius 2 is 1.85 bits per heavy atom. The van der Waals surface area contributed by atoms with E-state index in [1.165, 1.54) is 0 Å². The van der Waals surface area contributed by atoms with Crippen LogP contribution in [0.25, 0.3) is 0 Å². The second-order valence-electron chi connectivity index (χ2n) is 4.89. The van der Waals surface area contributed by atoms with Gasteiger partial charge < -0.3 is 25.1 Å². The van der Waals surface area contributed by atoms with E-state index < -0.39 is 6.10 Å². The van der Waals surface area contributed by atoms with Crippen LogP contribution in [0, 0.1) is 0 Å². The number of methoxy groups -OCH3 is 1. The van der Waals surface area contributed by atoms with E-state index in [4.69, 9.17) is 19.9 Å². The number of aliphatic hydroxyl groups is 1. The van der Waals surface area contributed by atoms with Gasteiger partial charge in [0.1, 0.15) is 18.5 Å². The van der Waals surface area contributed by atoms with Gasteiger partial charge in [0, 0.05) is 18.7 Å². The predicted molar refractivity (Wildman–Crippen MR) is 77.8 cm³/mol. The third-order valence-corrected chi connectivity index (χ3v) is 2.82. The first-order chi connectivity index (χ1) is 9.54. The highest BCUT2D eigenvalue weighted by atomic mass is 16.5. The standard InChI is InChI=1S/C15H25NO4/c1-11(8-18-3)19-9-13(17)10-20-15-7-5-4-6-14(15)12(2)16/h4-7,11-13,17H,8-10,16H2,1-3H3/t11?,12-,13?/m0/s1. The van der Waals surface area contributed by atoms with Gasteiger partial charge in [0.25, 0.3) is 0 Å². The molecule has 1 aromatic carbocycles. The van der Waals surface area contributed by atoms with E-state index in [9.17, 15) is 5.11 Å². The minimum atomic E-state index is -0.685. The average Bonchev–Trinajstić information content (AvgIpc) is 2.43. The second-order valence-corrected chi connectivity index (χ2v) is 4.89. The molecule has 0 aromatic heterocycles. The average molecular weight is 283 g/mol. The van der Waals surface area contributed by atoms with Gasteiger partial charge in [-0.3, -0.25) is 0 Å². The molecule has 0 aliphatic carbocycles. The highest BCUT2D eigenvalue weighted by molar-refractivity contribution is 5.35. The van der Waals surface area contributed by atoms with Crippen molar-refractivity contribution in [3.63, 3.8) is 0 Å². The summed E-state index contributed by atoms with van der Waals surface area (Å²) in [4.78, 5) is 0. The number of ether oxygens (including phenoxy) is 3. The minimum Gasteiger partial charge on any atom is -0.490 e. The molecule has 5 heteroatoms. The molecular formula is C15H25NO4. The lowest BCUT2D eigenvalue weighted by Gasteiger charge is -2.18. The molecule has 1 aromatic rings. The molecule has 1 rings (SSSR count). The van der Waals surface area contributed by atoms with Gasteiger partial charge in [-0.25, -0.2) is 0 Å². The SMILES string of the molecule is COCC(C)OCC(O)COc1ccccc1[C@H](C)N. The van der Waals surface area contributed by atoms with Crippen molar-refractivity contribution < 1.29 is 19.3 Å². The van der Waals surface area contributed by atoms with Crippen LogP contribution in [-0.2, 0) is 9.47 Å². The molecule has 2 unspecified atom stereocenters. The second kappa shape index (κ2) is 8.92. The maximum Gasteiger partial charge on any atom is 0.124 e. The maximum absolute atomic E-state index is 9.84. The number of rotatable bonds is 9. The molecule has 0 bridgehead atoms. The Bertz CT molecular complexity index is 384. The zero-order valence-electron chi connectivity index (χ0n) is 12.4. The molecule has 0 saturated carbocycles. The monoisotopic (exact) mass is 283 g/mol. The van der Waals surface area contributed by atoms with Gasteiger partial charge in [-0.05, 0) is 19.9 Å². The summed E-state index contributed by atoms with van der Waals surface area (Å²) in [5.41, 5.74) is 6.80. The van der Waals surface area contributed by atoms with Crippen molar-refractivity contribution in [1.29, 1.82) is 0 Å². The molecule has 0 radical (unpaired) electrons. The summed E-state index contributed by atoms with van der Waals surface area (Å²) in [5.74, 6) is 0.700. The molecule has 0 aliphatic rings. The Kier molecular flexibility index (Phi) is 7.54. The van der Waals surface area contributed by atoms with E-state index in [1.807, 2.05) is 38.1 Å². The van der Waals surface area contributed by atoms with Gasteiger partial charge in [0.15, 0.2) is 0 Å². The predicted octanol–water partition coefficient (Wildman–Crippen LogP) is 1.50. The minimum absolute atomic E-state index is 0.0500. The number of aliphatic hydroxyl groups excluding tert-OH is 1. The van der Waals surface area contributed by atoms with Crippen LogP contribution in [0.5, 0.6) is 5.75 Å². The lowest BCUT2D eigenvalue weighted by molar-refractivity contribution is -0.0423. The molecule has 0 fully saturated rings. The molecule has 114 valence electrons. The van der Waals surface area contributed by atoms with Crippen LogP contribution in [0.1, 0.15) is 25.5 Å². The molecule has 0 heterocycles. The molecule has 0 spiro atoms. The van der Waals surface area contributed by atoms with E-state index in [0.29, 0.717) is 12.4 Å². The van der Waals surface area contributed by atoms with E-state index in [2.05, 4.69) is 0 Å². The Hall–Kier alpha value is -1.14. The topological polar surface area (TPSA) is 73.9 Å². The van der Waals surface area contributed by atoms with Gasteiger partial charge in [-0.1, -0.05) is 18.2 Å². The lowest BCUT2D eigenvalue weighted by Crippen LogP contribution is -2.27. The first-order valence-corrected chi connectivity index (χ1v) is 6.80. The molecule has 3 N–H and O–H groups in total. The third-order valence-electron chi connectivity index (χ3n) is 2.82. The van der Waals surface area contributed by atoms with Gasteiger partial charge in [-0.2, -0.15) is 0 Å². The zero-order valence-corrected chi connectivity index (χ0v) is 12.4. The van der Waals surface area contributed by atoms with Crippen molar-refractivity contribution >= 4 is 0 Å². The molecular weight excluding hydrogens is 258 g/mol. The summed E-state index contributed by atoms with van der Waals surface area (Å²) < 4.78 is 16.0. The number of para-hydroxylation sites is 1. The van der Waals surface area contributed by atoms with Crippen molar-refractivity contribution in [2.45, 2.75) is 32.1 Å². The van der Waals surface area contributed by atoms with E-state index in [0.717, 1.165) is 5.56 Å². The zero-order chi connectivity index (χ0) is 15.0. The fourth-order valence-corrected chi connectivity index (χ4v) is 1.78. The summed E-state index contributed by atoms with van der Waals surface area (Å²) in [6.07, 6.45) is -0.735. The van der Waals surface area contributed by atoms with Crippen molar-refractivity contribution in [3.05, 3.63) is 29.8 Å². The Morgan fingerprint density at radius 3 is 2.50 bits per heavy atom. The largest absolute Gasteiger partial charge is 0.490 e. The first-order valence-electron chi connectivity index (χ1n) is 6.80. The van der Waals surface area contributed by atoms with Crippen LogP contribution in [0.4, 0.5) is 0 Å². The summed E-state index contributed by atoms with van der Waals surface area (Å²) in [5, 5.41) is 9.84. The van der Waals surface area contributed by atoms with Gasteiger partial charge in [0.2, 0.25) is 0 Å². The number of benzene rings is 1. The molecule has 0 aliphatic heterocycles. The summed E-state index contributed by atoms with van der Waals surface area (Å²) in [6.45, 7) is 4.67. The number of nitrogens with two attached hydrogens (primary N) is 1. The van der Waals surface area contributed by atoms with Gasteiger partial charge in [-0.15, -0.1) is 0 Å². The number of hydrogen-bond acceptors (Lipinski definition) is 5. The highest BCUT2D eigenvalue weighted by Crippen LogP contribution is 2.23. The highest BCUT2D eigenvalue weighted by Gasteiger charge is 2.11. The van der Waals surface area contributed by atoms with Gasteiger partial charge in [0.05, 0.1) is 19.3 Å². The summed E-state index contributed by atoms with van der Waals surface area (Å²) in [7, 11) is 1.62. The van der Waals surface area contributed by atoms with Crippen LogP contribution in [0.2, 0.25) is 0 Å². The van der Waals surface area contributed by atoms with Crippen molar-refractivity contribution in [2.75, 3.05) is 26.9 Å². The van der Waals surface area contributed by atoms with Crippen molar-refractivity contribution in [3.8, 4) is 5.75 Å². The first kappa shape index (κ1) is 16.9. The normalized spacial score (nSPS) is 15.7. The van der Waals surface area contributed by atoms with Gasteiger partial charge >= 0.3 is 0 Å². The molecule has 0 amide bonds. The Labute approximate surface area is 120 Å². The fraction of sp³-hybridized carbons (Fsp3) is 0.600. The van der Waals surface area contributed by atoms with Crippen LogP contribution in [0.15, 0.2) is 24.3 Å². The Balaban J connectivity index is 2.39. The van der Waals surface area contributed by atoms with Crippen LogP contribution in [-0.4, -0.2) is 44.2 Å². The maximum atomic E-state index is 9.84. The summed E-state index contributed by atoms with van der Waals surface area (Å²) in [6, 6.07) is 7.45. The van der Waals surface area contributed by atoms with E-state index >= 15 is 0 Å². The molecule has 20 heavy (non-hydrogen) atoms. The number of hydrogen-bond donors (Lipinski definition) is 2. The molecule has 0 saturated heterocycles. The van der Waals surface area contributed by atoms with Crippen LogP contribution in [0.3, 0.4) is 0 Å². The van der Waals surface area contributed by atoms with E-state index in [-0.39, 0.29) is 25.4 Å². The third kappa shape index (κ3) is 5.88.